The second kappa shape index (κ2) is 7.49. The summed E-state index contributed by atoms with van der Waals surface area (Å²) in [7, 11) is 0. The number of nitrogens with zero attached hydrogens (tertiary/aromatic N) is 2. The molecule has 0 spiro atoms. The zero-order chi connectivity index (χ0) is 16.3. The number of rotatable bonds is 6. The molecular weight excluding hydrogens is 319 g/mol. The van der Waals surface area contributed by atoms with Crippen LogP contribution in [-0.4, -0.2) is 16.6 Å². The predicted octanol–water partition coefficient (Wildman–Crippen LogP) is 5.57. The fourth-order valence-corrected chi connectivity index (χ4v) is 2.92. The third-order valence-corrected chi connectivity index (χ3v) is 4.77. The van der Waals surface area contributed by atoms with E-state index in [1.807, 2.05) is 32.0 Å². The maximum absolute atomic E-state index is 6.16. The Morgan fingerprint density at radius 2 is 1.95 bits per heavy atom. The third-order valence-electron chi connectivity index (χ3n) is 4.03. The van der Waals surface area contributed by atoms with Crippen LogP contribution in [-0.2, 0) is 6.54 Å². The Hall–Kier alpha value is -1.03. The number of aryl methyl sites for hydroxylation is 2. The van der Waals surface area contributed by atoms with Gasteiger partial charge >= 0.3 is 0 Å². The highest BCUT2D eigenvalue weighted by Gasteiger charge is 2.20. The van der Waals surface area contributed by atoms with Gasteiger partial charge in [0.2, 0.25) is 0 Å². The Balaban J connectivity index is 2.24. The summed E-state index contributed by atoms with van der Waals surface area (Å²) in [5.74, 6) is 0.889. The summed E-state index contributed by atoms with van der Waals surface area (Å²) >= 11 is 12.2. The van der Waals surface area contributed by atoms with Crippen LogP contribution in [0.25, 0.3) is 0 Å². The normalized spacial score (nSPS) is 12.9. The van der Waals surface area contributed by atoms with E-state index >= 15 is 0 Å². The molecule has 0 aliphatic heterocycles. The van der Waals surface area contributed by atoms with Crippen molar-refractivity contribution in [3.8, 4) is 0 Å². The van der Waals surface area contributed by atoms with Gasteiger partial charge in [-0.1, -0.05) is 41.3 Å². The maximum atomic E-state index is 6.16. The Morgan fingerprint density at radius 1 is 1.23 bits per heavy atom. The van der Waals surface area contributed by atoms with Gasteiger partial charge in [0.05, 0.1) is 15.7 Å². The summed E-state index contributed by atoms with van der Waals surface area (Å²) in [4.78, 5) is 2.41. The average molecular weight is 341 g/mol. The lowest BCUT2D eigenvalue weighted by Gasteiger charge is -2.29. The molecule has 0 amide bonds. The first-order valence-electron chi connectivity index (χ1n) is 7.54. The third kappa shape index (κ3) is 3.83. The van der Waals surface area contributed by atoms with Gasteiger partial charge in [0.1, 0.15) is 5.76 Å². The van der Waals surface area contributed by atoms with E-state index in [0.717, 1.165) is 36.5 Å². The van der Waals surface area contributed by atoms with Crippen molar-refractivity contribution in [2.24, 2.45) is 0 Å². The zero-order valence-corrected chi connectivity index (χ0v) is 15.0. The van der Waals surface area contributed by atoms with Crippen molar-refractivity contribution in [2.45, 2.75) is 46.7 Å². The Labute approximate surface area is 142 Å². The van der Waals surface area contributed by atoms with E-state index in [2.05, 4.69) is 23.9 Å². The Kier molecular flexibility index (Phi) is 5.90. The zero-order valence-electron chi connectivity index (χ0n) is 13.5. The largest absolute Gasteiger partial charge is 0.361 e. The van der Waals surface area contributed by atoms with Gasteiger partial charge in [-0.2, -0.15) is 0 Å². The van der Waals surface area contributed by atoms with Crippen LogP contribution in [0.2, 0.25) is 10.0 Å². The first-order chi connectivity index (χ1) is 10.4. The molecule has 22 heavy (non-hydrogen) atoms. The number of aromatic nitrogens is 1. The molecule has 0 fully saturated rings. The molecule has 0 saturated carbocycles. The van der Waals surface area contributed by atoms with Crippen LogP contribution in [0.3, 0.4) is 0 Å². The van der Waals surface area contributed by atoms with Gasteiger partial charge in [-0.15, -0.1) is 0 Å². The fraction of sp³-hybridized carbons (Fsp3) is 0.471. The average Bonchev–Trinajstić information content (AvgIpc) is 2.80. The minimum atomic E-state index is 0.239. The van der Waals surface area contributed by atoms with Crippen LogP contribution in [0, 0.1) is 13.8 Å². The molecule has 1 aromatic carbocycles. The van der Waals surface area contributed by atoms with E-state index in [1.165, 1.54) is 5.56 Å². The summed E-state index contributed by atoms with van der Waals surface area (Å²) < 4.78 is 5.28. The van der Waals surface area contributed by atoms with E-state index in [4.69, 9.17) is 27.7 Å². The first kappa shape index (κ1) is 17.3. The van der Waals surface area contributed by atoms with E-state index in [0.29, 0.717) is 10.0 Å². The van der Waals surface area contributed by atoms with Crippen LogP contribution in [0.1, 0.15) is 48.9 Å². The molecule has 1 aromatic heterocycles. The van der Waals surface area contributed by atoms with Crippen molar-refractivity contribution in [3.63, 3.8) is 0 Å². The molecule has 0 saturated heterocycles. The number of hydrogen-bond donors (Lipinski definition) is 0. The molecule has 0 aliphatic rings. The highest BCUT2D eigenvalue weighted by Crippen LogP contribution is 2.29. The molecule has 1 heterocycles. The van der Waals surface area contributed by atoms with Crippen LogP contribution in [0.4, 0.5) is 0 Å². The molecule has 0 unspecified atom stereocenters. The number of benzene rings is 1. The lowest BCUT2D eigenvalue weighted by atomic mass is 10.1. The molecule has 0 radical (unpaired) electrons. The van der Waals surface area contributed by atoms with E-state index in [-0.39, 0.29) is 6.04 Å². The van der Waals surface area contributed by atoms with Gasteiger partial charge in [-0.05, 0) is 51.4 Å². The molecule has 2 rings (SSSR count). The highest BCUT2D eigenvalue weighted by atomic mass is 35.5. The van der Waals surface area contributed by atoms with Crippen molar-refractivity contribution in [2.75, 3.05) is 6.54 Å². The van der Waals surface area contributed by atoms with Gasteiger partial charge in [-0.25, -0.2) is 0 Å². The summed E-state index contributed by atoms with van der Waals surface area (Å²) in [5, 5.41) is 5.23. The minimum absolute atomic E-state index is 0.239. The lowest BCUT2D eigenvalue weighted by Crippen LogP contribution is -2.28. The summed E-state index contributed by atoms with van der Waals surface area (Å²) in [6.07, 6.45) is 1.08. The Morgan fingerprint density at radius 3 is 2.50 bits per heavy atom. The lowest BCUT2D eigenvalue weighted by molar-refractivity contribution is 0.200. The SMILES string of the molecule is CCCN(Cc1c(C)noc1C)[C@@H](C)c1ccc(Cl)c(Cl)c1. The van der Waals surface area contributed by atoms with Crippen LogP contribution in [0.15, 0.2) is 22.7 Å². The van der Waals surface area contributed by atoms with E-state index < -0.39 is 0 Å². The smallest absolute Gasteiger partial charge is 0.138 e. The molecule has 0 bridgehead atoms. The summed E-state index contributed by atoms with van der Waals surface area (Å²) in [6, 6.07) is 6.08. The molecule has 120 valence electrons. The van der Waals surface area contributed by atoms with Gasteiger partial charge in [0.15, 0.2) is 0 Å². The van der Waals surface area contributed by atoms with Gasteiger partial charge in [-0.3, -0.25) is 4.90 Å². The van der Waals surface area contributed by atoms with Crippen molar-refractivity contribution in [1.29, 1.82) is 0 Å². The first-order valence-corrected chi connectivity index (χ1v) is 8.30. The standard InChI is InChI=1S/C17H22Cl2N2O/c1-5-8-21(10-15-11(2)20-22-13(15)4)12(3)14-6-7-16(18)17(19)9-14/h6-7,9,12H,5,8,10H2,1-4H3/t12-/m0/s1. The van der Waals surface area contributed by atoms with Crippen molar-refractivity contribution >= 4 is 23.2 Å². The molecular formula is C17H22Cl2N2O. The summed E-state index contributed by atoms with van der Waals surface area (Å²) in [5.41, 5.74) is 3.29. The monoisotopic (exact) mass is 340 g/mol. The predicted molar refractivity (Wildman–Crippen MR) is 91.6 cm³/mol. The highest BCUT2D eigenvalue weighted by molar-refractivity contribution is 6.42. The molecule has 0 N–H and O–H groups in total. The maximum Gasteiger partial charge on any atom is 0.138 e. The van der Waals surface area contributed by atoms with Gasteiger partial charge in [0, 0.05) is 18.2 Å². The van der Waals surface area contributed by atoms with Crippen molar-refractivity contribution in [1.82, 2.24) is 10.1 Å². The second-order valence-corrected chi connectivity index (χ2v) is 6.44. The van der Waals surface area contributed by atoms with Gasteiger partial charge in [0.25, 0.3) is 0 Å². The minimum Gasteiger partial charge on any atom is -0.361 e. The quantitative estimate of drug-likeness (QED) is 0.688. The van der Waals surface area contributed by atoms with Crippen LogP contribution in [0.5, 0.6) is 0 Å². The van der Waals surface area contributed by atoms with E-state index in [9.17, 15) is 0 Å². The summed E-state index contributed by atoms with van der Waals surface area (Å²) in [6.45, 7) is 10.1. The molecule has 0 aliphatic carbocycles. The van der Waals surface area contributed by atoms with Crippen molar-refractivity contribution in [3.05, 3.63) is 50.8 Å². The molecule has 1 atom stereocenters. The topological polar surface area (TPSA) is 29.3 Å². The van der Waals surface area contributed by atoms with Crippen LogP contribution >= 0.6 is 23.2 Å². The van der Waals surface area contributed by atoms with Gasteiger partial charge < -0.3 is 4.52 Å². The second-order valence-electron chi connectivity index (χ2n) is 5.62. The number of hydrogen-bond acceptors (Lipinski definition) is 3. The Bertz CT molecular complexity index is 620. The molecule has 3 nitrogen and oxygen atoms in total. The van der Waals surface area contributed by atoms with Crippen molar-refractivity contribution < 1.29 is 4.52 Å². The number of halogens is 2. The van der Waals surface area contributed by atoms with Crippen LogP contribution < -0.4 is 0 Å². The molecule has 2 aromatic rings. The fourth-order valence-electron chi connectivity index (χ4n) is 2.61. The van der Waals surface area contributed by atoms with E-state index in [1.54, 1.807) is 0 Å². The molecule has 5 heteroatoms.